The van der Waals surface area contributed by atoms with Crippen molar-refractivity contribution >= 4 is 0 Å². The standard InChI is InChI=1S/C15H17NO/c17-15(14-9-4-10-16-14)13-8-3-6-11-5-1-2-7-12(11)13/h1-2,4-5,7,9-10,13,15-17H,3,6,8H2. The third-order valence-corrected chi connectivity index (χ3v) is 3.74. The van der Waals surface area contributed by atoms with Gasteiger partial charge in [-0.3, -0.25) is 0 Å². The first-order valence-electron chi connectivity index (χ1n) is 6.25. The molecule has 2 unspecified atom stereocenters. The molecule has 2 nitrogen and oxygen atoms in total. The SMILES string of the molecule is OC(c1ccc[nH]1)C1CCCc2ccccc21. The zero-order chi connectivity index (χ0) is 11.7. The molecule has 1 aromatic carbocycles. The van der Waals surface area contributed by atoms with Crippen molar-refractivity contribution in [2.75, 3.05) is 0 Å². The minimum atomic E-state index is -0.411. The van der Waals surface area contributed by atoms with Gasteiger partial charge in [0.15, 0.2) is 0 Å². The van der Waals surface area contributed by atoms with E-state index in [4.69, 9.17) is 0 Å². The van der Waals surface area contributed by atoms with Gasteiger partial charge in [0.1, 0.15) is 6.10 Å². The van der Waals surface area contributed by atoms with Gasteiger partial charge in [-0.1, -0.05) is 24.3 Å². The molecule has 0 bridgehead atoms. The fourth-order valence-electron chi connectivity index (χ4n) is 2.86. The van der Waals surface area contributed by atoms with E-state index in [1.165, 1.54) is 17.5 Å². The van der Waals surface area contributed by atoms with E-state index in [1.807, 2.05) is 18.3 Å². The third kappa shape index (κ3) is 1.89. The van der Waals surface area contributed by atoms with E-state index in [2.05, 4.69) is 29.2 Å². The summed E-state index contributed by atoms with van der Waals surface area (Å²) in [6.07, 6.45) is 4.83. The minimum absolute atomic E-state index is 0.235. The fraction of sp³-hybridized carbons (Fsp3) is 0.333. The number of rotatable bonds is 2. The van der Waals surface area contributed by atoms with Gasteiger partial charge in [-0.25, -0.2) is 0 Å². The molecule has 2 aromatic rings. The van der Waals surface area contributed by atoms with E-state index in [9.17, 15) is 5.11 Å². The Labute approximate surface area is 101 Å². The van der Waals surface area contributed by atoms with Gasteiger partial charge in [0.05, 0.1) is 0 Å². The van der Waals surface area contributed by atoms with Crippen LogP contribution in [0.5, 0.6) is 0 Å². The number of aromatic amines is 1. The molecule has 0 spiro atoms. The lowest BCUT2D eigenvalue weighted by molar-refractivity contribution is 0.132. The van der Waals surface area contributed by atoms with E-state index in [1.54, 1.807) is 0 Å². The molecule has 0 radical (unpaired) electrons. The maximum absolute atomic E-state index is 10.4. The summed E-state index contributed by atoms with van der Waals surface area (Å²) < 4.78 is 0. The molecule has 0 amide bonds. The Morgan fingerprint density at radius 2 is 2.06 bits per heavy atom. The van der Waals surface area contributed by atoms with Crippen LogP contribution in [0.2, 0.25) is 0 Å². The van der Waals surface area contributed by atoms with Crippen molar-refractivity contribution < 1.29 is 5.11 Å². The zero-order valence-electron chi connectivity index (χ0n) is 9.76. The molecule has 88 valence electrons. The third-order valence-electron chi connectivity index (χ3n) is 3.74. The van der Waals surface area contributed by atoms with Crippen LogP contribution in [-0.2, 0) is 6.42 Å². The second kappa shape index (κ2) is 4.38. The van der Waals surface area contributed by atoms with Crippen LogP contribution in [0.1, 0.15) is 41.7 Å². The van der Waals surface area contributed by atoms with Gasteiger partial charge >= 0.3 is 0 Å². The molecule has 0 aliphatic heterocycles. The Hall–Kier alpha value is -1.54. The summed E-state index contributed by atoms with van der Waals surface area (Å²) in [5.41, 5.74) is 3.64. The average molecular weight is 227 g/mol. The Morgan fingerprint density at radius 3 is 2.88 bits per heavy atom. The summed E-state index contributed by atoms with van der Waals surface area (Å²) in [6, 6.07) is 12.4. The lowest BCUT2D eigenvalue weighted by atomic mass is 9.79. The highest BCUT2D eigenvalue weighted by Crippen LogP contribution is 2.39. The molecule has 0 saturated heterocycles. The van der Waals surface area contributed by atoms with Gasteiger partial charge in [-0.15, -0.1) is 0 Å². The zero-order valence-corrected chi connectivity index (χ0v) is 9.76. The predicted molar refractivity (Wildman–Crippen MR) is 67.9 cm³/mol. The van der Waals surface area contributed by atoms with E-state index >= 15 is 0 Å². The molecule has 1 aliphatic rings. The van der Waals surface area contributed by atoms with Crippen molar-refractivity contribution in [1.29, 1.82) is 0 Å². The van der Waals surface area contributed by atoms with Crippen LogP contribution in [-0.4, -0.2) is 10.1 Å². The first-order valence-corrected chi connectivity index (χ1v) is 6.25. The summed E-state index contributed by atoms with van der Waals surface area (Å²) in [4.78, 5) is 3.12. The predicted octanol–water partition coefficient (Wildman–Crippen LogP) is 3.17. The van der Waals surface area contributed by atoms with E-state index in [-0.39, 0.29) is 5.92 Å². The van der Waals surface area contributed by atoms with Gasteiger partial charge in [-0.05, 0) is 42.5 Å². The average Bonchev–Trinajstić information content (AvgIpc) is 2.91. The Kier molecular flexibility index (Phi) is 2.73. The summed E-state index contributed by atoms with van der Waals surface area (Å²) >= 11 is 0. The van der Waals surface area contributed by atoms with Gasteiger partial charge < -0.3 is 10.1 Å². The van der Waals surface area contributed by atoms with Crippen LogP contribution >= 0.6 is 0 Å². The van der Waals surface area contributed by atoms with Gasteiger partial charge in [-0.2, -0.15) is 0 Å². The Morgan fingerprint density at radius 1 is 1.18 bits per heavy atom. The number of hydrogen-bond donors (Lipinski definition) is 2. The molecule has 1 aliphatic carbocycles. The number of fused-ring (bicyclic) bond motifs is 1. The summed E-state index contributed by atoms with van der Waals surface area (Å²) in [7, 11) is 0. The summed E-state index contributed by atoms with van der Waals surface area (Å²) in [6.45, 7) is 0. The van der Waals surface area contributed by atoms with E-state index in [0.717, 1.165) is 18.5 Å². The molecule has 2 N–H and O–H groups in total. The van der Waals surface area contributed by atoms with E-state index in [0.29, 0.717) is 0 Å². The highest BCUT2D eigenvalue weighted by molar-refractivity contribution is 5.34. The number of aliphatic hydroxyl groups excluding tert-OH is 1. The fourth-order valence-corrected chi connectivity index (χ4v) is 2.86. The maximum atomic E-state index is 10.4. The molecule has 0 fully saturated rings. The smallest absolute Gasteiger partial charge is 0.101 e. The molecule has 3 rings (SSSR count). The van der Waals surface area contributed by atoms with Gasteiger partial charge in [0.25, 0.3) is 0 Å². The summed E-state index contributed by atoms with van der Waals surface area (Å²) in [5.74, 6) is 0.235. The molecular formula is C15H17NO. The number of hydrogen-bond acceptors (Lipinski definition) is 1. The van der Waals surface area contributed by atoms with Crippen LogP contribution in [0.4, 0.5) is 0 Å². The van der Waals surface area contributed by atoms with Gasteiger partial charge in [0.2, 0.25) is 0 Å². The van der Waals surface area contributed by atoms with Crippen molar-refractivity contribution in [1.82, 2.24) is 4.98 Å². The number of H-pyrrole nitrogens is 1. The topological polar surface area (TPSA) is 36.0 Å². The molecule has 2 atom stereocenters. The number of nitrogens with one attached hydrogen (secondary N) is 1. The largest absolute Gasteiger partial charge is 0.386 e. The molecule has 17 heavy (non-hydrogen) atoms. The van der Waals surface area contributed by atoms with Crippen molar-refractivity contribution in [3.63, 3.8) is 0 Å². The Bertz CT molecular complexity index is 489. The van der Waals surface area contributed by atoms with Crippen LogP contribution in [0.15, 0.2) is 42.6 Å². The van der Waals surface area contributed by atoms with Crippen LogP contribution in [0.3, 0.4) is 0 Å². The maximum Gasteiger partial charge on any atom is 0.101 e. The normalized spacial score (nSPS) is 20.9. The van der Waals surface area contributed by atoms with Gasteiger partial charge in [0, 0.05) is 17.8 Å². The van der Waals surface area contributed by atoms with Crippen LogP contribution in [0.25, 0.3) is 0 Å². The van der Waals surface area contributed by atoms with Crippen LogP contribution in [0, 0.1) is 0 Å². The first kappa shape index (κ1) is 10.6. The summed E-state index contributed by atoms with van der Waals surface area (Å²) in [5, 5.41) is 10.4. The number of aryl methyl sites for hydroxylation is 1. The Balaban J connectivity index is 1.95. The second-order valence-corrected chi connectivity index (χ2v) is 4.77. The highest BCUT2D eigenvalue weighted by atomic mass is 16.3. The van der Waals surface area contributed by atoms with Crippen molar-refractivity contribution in [3.05, 3.63) is 59.4 Å². The molecule has 0 saturated carbocycles. The molecule has 1 aromatic heterocycles. The number of aliphatic hydroxyl groups is 1. The monoisotopic (exact) mass is 227 g/mol. The first-order chi connectivity index (χ1) is 8.36. The quantitative estimate of drug-likeness (QED) is 0.812. The molecule has 1 heterocycles. The number of aromatic nitrogens is 1. The van der Waals surface area contributed by atoms with Crippen molar-refractivity contribution in [2.24, 2.45) is 0 Å². The molecule has 2 heteroatoms. The minimum Gasteiger partial charge on any atom is -0.386 e. The highest BCUT2D eigenvalue weighted by Gasteiger charge is 2.27. The van der Waals surface area contributed by atoms with Crippen molar-refractivity contribution in [3.8, 4) is 0 Å². The lowest BCUT2D eigenvalue weighted by Gasteiger charge is -2.29. The van der Waals surface area contributed by atoms with Crippen molar-refractivity contribution in [2.45, 2.75) is 31.3 Å². The van der Waals surface area contributed by atoms with E-state index < -0.39 is 6.10 Å². The van der Waals surface area contributed by atoms with Crippen LogP contribution < -0.4 is 0 Å². The second-order valence-electron chi connectivity index (χ2n) is 4.77. The lowest BCUT2D eigenvalue weighted by Crippen LogP contribution is -2.17. The number of benzene rings is 1. The molecular weight excluding hydrogens is 210 g/mol.